The maximum Gasteiger partial charge on any atom is 0.282 e. The molecule has 1 aliphatic rings. The van der Waals surface area contributed by atoms with E-state index in [0.29, 0.717) is 31.9 Å². The molecule has 112 valence electrons. The Morgan fingerprint density at radius 3 is 2.75 bits per heavy atom. The summed E-state index contributed by atoms with van der Waals surface area (Å²) in [5.41, 5.74) is 0.659. The van der Waals surface area contributed by atoms with Crippen LogP contribution in [-0.4, -0.2) is 59.8 Å². The predicted octanol–water partition coefficient (Wildman–Crippen LogP) is 0.436. The van der Waals surface area contributed by atoms with Gasteiger partial charge in [0, 0.05) is 38.6 Å². The molecule has 0 N–H and O–H groups in total. The van der Waals surface area contributed by atoms with Gasteiger partial charge in [0.2, 0.25) is 0 Å². The molecule has 0 spiro atoms. The molecule has 0 saturated carbocycles. The van der Waals surface area contributed by atoms with Gasteiger partial charge in [-0.2, -0.15) is 17.0 Å². The van der Waals surface area contributed by atoms with E-state index < -0.39 is 10.2 Å². The third-order valence-electron chi connectivity index (χ3n) is 3.30. The molecule has 2 heterocycles. The summed E-state index contributed by atoms with van der Waals surface area (Å²) in [5, 5.41) is 0. The topological polar surface area (TPSA) is 75.6 Å². The Balaban J connectivity index is 2.15. The van der Waals surface area contributed by atoms with Gasteiger partial charge in [-0.05, 0) is 0 Å². The Labute approximate surface area is 119 Å². The molecule has 8 heteroatoms. The smallest absolute Gasteiger partial charge is 0.282 e. The third kappa shape index (κ3) is 3.14. The van der Waals surface area contributed by atoms with Crippen LogP contribution in [0.2, 0.25) is 0 Å². The van der Waals surface area contributed by atoms with Crippen molar-refractivity contribution < 1.29 is 13.2 Å². The van der Waals surface area contributed by atoms with Crippen molar-refractivity contribution in [3.63, 3.8) is 0 Å². The fourth-order valence-corrected chi connectivity index (χ4v) is 3.81. The number of ether oxygens (including phenoxy) is 1. The van der Waals surface area contributed by atoms with E-state index in [0.717, 1.165) is 0 Å². The van der Waals surface area contributed by atoms with E-state index in [4.69, 9.17) is 4.74 Å². The Morgan fingerprint density at radius 1 is 1.40 bits per heavy atom. The van der Waals surface area contributed by atoms with Crippen LogP contribution in [0.1, 0.15) is 25.6 Å². The maximum atomic E-state index is 12.5. The van der Waals surface area contributed by atoms with Gasteiger partial charge in [-0.3, -0.25) is 9.97 Å². The second kappa shape index (κ2) is 6.57. The molecule has 0 radical (unpaired) electrons. The zero-order chi connectivity index (χ0) is 14.6. The van der Waals surface area contributed by atoms with Crippen LogP contribution in [0, 0.1) is 0 Å². The highest BCUT2D eigenvalue weighted by Crippen LogP contribution is 2.22. The van der Waals surface area contributed by atoms with E-state index in [1.54, 1.807) is 18.6 Å². The fraction of sp³-hybridized carbons (Fsp3) is 0.667. The number of rotatable bonds is 5. The fourth-order valence-electron chi connectivity index (χ4n) is 2.20. The van der Waals surface area contributed by atoms with Gasteiger partial charge in [0.25, 0.3) is 10.2 Å². The van der Waals surface area contributed by atoms with E-state index in [1.165, 1.54) is 8.61 Å². The minimum absolute atomic E-state index is 0.275. The van der Waals surface area contributed by atoms with Crippen LogP contribution in [0.5, 0.6) is 0 Å². The summed E-state index contributed by atoms with van der Waals surface area (Å²) in [6.45, 7) is 5.61. The van der Waals surface area contributed by atoms with Gasteiger partial charge in [-0.15, -0.1) is 0 Å². The summed E-state index contributed by atoms with van der Waals surface area (Å²) in [4.78, 5) is 8.18. The Morgan fingerprint density at radius 2 is 2.15 bits per heavy atom. The van der Waals surface area contributed by atoms with Gasteiger partial charge in [0.05, 0.1) is 18.5 Å². The van der Waals surface area contributed by atoms with E-state index in [9.17, 15) is 8.42 Å². The lowest BCUT2D eigenvalue weighted by Gasteiger charge is -2.34. The molecule has 1 atom stereocenters. The highest BCUT2D eigenvalue weighted by molar-refractivity contribution is 7.86. The van der Waals surface area contributed by atoms with E-state index >= 15 is 0 Å². The average Bonchev–Trinajstić information content (AvgIpc) is 2.49. The van der Waals surface area contributed by atoms with Crippen LogP contribution in [0.25, 0.3) is 0 Å². The molecule has 1 fully saturated rings. The van der Waals surface area contributed by atoms with E-state index in [1.807, 2.05) is 13.8 Å². The van der Waals surface area contributed by atoms with Gasteiger partial charge in [0.15, 0.2) is 0 Å². The summed E-state index contributed by atoms with van der Waals surface area (Å²) in [5.74, 6) is 0. The van der Waals surface area contributed by atoms with Gasteiger partial charge in [-0.1, -0.05) is 13.8 Å². The Hall–Kier alpha value is -1.09. The van der Waals surface area contributed by atoms with Crippen molar-refractivity contribution in [3.05, 3.63) is 24.3 Å². The first kappa shape index (κ1) is 15.3. The summed E-state index contributed by atoms with van der Waals surface area (Å²) in [6, 6.07) is 0. The second-order valence-electron chi connectivity index (χ2n) is 4.44. The first-order valence-electron chi connectivity index (χ1n) is 6.72. The number of hydrogen-bond acceptors (Lipinski definition) is 5. The zero-order valence-corrected chi connectivity index (χ0v) is 12.6. The quantitative estimate of drug-likeness (QED) is 0.788. The summed E-state index contributed by atoms with van der Waals surface area (Å²) in [7, 11) is -3.43. The van der Waals surface area contributed by atoms with Crippen LogP contribution in [0.15, 0.2) is 18.6 Å². The third-order valence-corrected chi connectivity index (χ3v) is 5.45. The summed E-state index contributed by atoms with van der Waals surface area (Å²) < 4.78 is 33.5. The molecule has 1 saturated heterocycles. The molecular weight excluding hydrogens is 280 g/mol. The van der Waals surface area contributed by atoms with Crippen molar-refractivity contribution in [1.29, 1.82) is 0 Å². The number of aromatic nitrogens is 2. The average molecular weight is 300 g/mol. The molecule has 1 aromatic heterocycles. The minimum Gasteiger partial charge on any atom is -0.369 e. The molecule has 0 aliphatic carbocycles. The SMILES string of the molecule is CCN(CC)S(=O)(=O)N1CCOC(c2cnccn2)C1. The first-order chi connectivity index (χ1) is 9.59. The minimum atomic E-state index is -3.43. The Bertz CT molecular complexity index is 519. The first-order valence-corrected chi connectivity index (χ1v) is 8.12. The molecule has 0 amide bonds. The molecular formula is C12H20N4O3S. The lowest BCUT2D eigenvalue weighted by molar-refractivity contribution is -0.00679. The van der Waals surface area contributed by atoms with Crippen molar-refractivity contribution >= 4 is 10.2 Å². The number of morpholine rings is 1. The van der Waals surface area contributed by atoms with Crippen LogP contribution in [0.3, 0.4) is 0 Å². The molecule has 0 aromatic carbocycles. The highest BCUT2D eigenvalue weighted by atomic mass is 32.2. The van der Waals surface area contributed by atoms with E-state index in [-0.39, 0.29) is 12.6 Å². The summed E-state index contributed by atoms with van der Waals surface area (Å²) in [6.07, 6.45) is 4.41. The van der Waals surface area contributed by atoms with Gasteiger partial charge >= 0.3 is 0 Å². The van der Waals surface area contributed by atoms with Crippen LogP contribution in [0.4, 0.5) is 0 Å². The van der Waals surface area contributed by atoms with Crippen LogP contribution < -0.4 is 0 Å². The largest absolute Gasteiger partial charge is 0.369 e. The molecule has 0 bridgehead atoms. The zero-order valence-electron chi connectivity index (χ0n) is 11.8. The lowest BCUT2D eigenvalue weighted by Crippen LogP contribution is -2.49. The normalized spacial score (nSPS) is 21.2. The van der Waals surface area contributed by atoms with Gasteiger partial charge in [-0.25, -0.2) is 0 Å². The van der Waals surface area contributed by atoms with Crippen molar-refractivity contribution in [2.24, 2.45) is 0 Å². The molecule has 2 rings (SSSR count). The molecule has 7 nitrogen and oxygen atoms in total. The number of nitrogens with zero attached hydrogens (tertiary/aromatic N) is 4. The monoisotopic (exact) mass is 300 g/mol. The molecule has 1 unspecified atom stereocenters. The van der Waals surface area contributed by atoms with E-state index in [2.05, 4.69) is 9.97 Å². The maximum absolute atomic E-state index is 12.5. The molecule has 20 heavy (non-hydrogen) atoms. The van der Waals surface area contributed by atoms with Gasteiger partial charge in [0.1, 0.15) is 6.10 Å². The standard InChI is InChI=1S/C12H20N4O3S/c1-3-15(4-2)20(17,18)16-7-8-19-12(10-16)11-9-13-5-6-14-11/h5-6,9,12H,3-4,7-8,10H2,1-2H3. The van der Waals surface area contributed by atoms with Crippen molar-refractivity contribution in [2.75, 3.05) is 32.8 Å². The van der Waals surface area contributed by atoms with Crippen LogP contribution in [-0.2, 0) is 14.9 Å². The second-order valence-corrected chi connectivity index (χ2v) is 6.37. The van der Waals surface area contributed by atoms with Crippen molar-refractivity contribution in [2.45, 2.75) is 20.0 Å². The Kier molecular flexibility index (Phi) is 5.03. The van der Waals surface area contributed by atoms with Gasteiger partial charge < -0.3 is 4.74 Å². The van der Waals surface area contributed by atoms with Crippen LogP contribution >= 0.6 is 0 Å². The van der Waals surface area contributed by atoms with Crippen molar-refractivity contribution in [1.82, 2.24) is 18.6 Å². The highest BCUT2D eigenvalue weighted by Gasteiger charge is 2.33. The molecule has 1 aliphatic heterocycles. The number of hydrogen-bond donors (Lipinski definition) is 0. The van der Waals surface area contributed by atoms with Crippen molar-refractivity contribution in [3.8, 4) is 0 Å². The summed E-state index contributed by atoms with van der Waals surface area (Å²) >= 11 is 0. The molecule has 1 aromatic rings. The predicted molar refractivity (Wildman–Crippen MR) is 74.1 cm³/mol. The lowest BCUT2D eigenvalue weighted by atomic mass is 10.2.